The predicted octanol–water partition coefficient (Wildman–Crippen LogP) is 1.16. The Morgan fingerprint density at radius 3 is 3.00 bits per heavy atom. The van der Waals surface area contributed by atoms with E-state index in [9.17, 15) is 4.79 Å². The van der Waals surface area contributed by atoms with Gasteiger partial charge >= 0.3 is 0 Å². The lowest BCUT2D eigenvalue weighted by atomic mass is 9.88. The van der Waals surface area contributed by atoms with Crippen molar-refractivity contribution >= 4 is 11.7 Å². The van der Waals surface area contributed by atoms with Gasteiger partial charge in [0.2, 0.25) is 5.91 Å². The smallest absolute Gasteiger partial charge is 0.230 e. The largest absolute Gasteiger partial charge is 0.310 e. The number of nitrogens with one attached hydrogen (secondary N) is 2. The van der Waals surface area contributed by atoms with Crippen molar-refractivity contribution in [2.24, 2.45) is 5.92 Å². The van der Waals surface area contributed by atoms with Gasteiger partial charge in [-0.15, -0.1) is 0 Å². The maximum absolute atomic E-state index is 12.0. The first-order valence-electron chi connectivity index (χ1n) is 5.81. The molecule has 4 heteroatoms. The van der Waals surface area contributed by atoms with Gasteiger partial charge in [-0.05, 0) is 31.4 Å². The summed E-state index contributed by atoms with van der Waals surface area (Å²) in [6.45, 7) is 0. The van der Waals surface area contributed by atoms with Crippen LogP contribution in [-0.2, 0) is 4.79 Å². The molecule has 3 unspecified atom stereocenters. The highest BCUT2D eigenvalue weighted by Gasteiger charge is 2.42. The zero-order chi connectivity index (χ0) is 11.0. The maximum atomic E-state index is 12.0. The van der Waals surface area contributed by atoms with Crippen molar-refractivity contribution < 1.29 is 4.79 Å². The van der Waals surface area contributed by atoms with E-state index in [0.717, 1.165) is 12.8 Å². The number of nitrogens with zero attached hydrogens (tertiary/aromatic N) is 1. The molecule has 1 amide bonds. The summed E-state index contributed by atoms with van der Waals surface area (Å²) in [6, 6.07) is 6.48. The van der Waals surface area contributed by atoms with Gasteiger partial charge in [0.05, 0.1) is 5.92 Å². The fourth-order valence-corrected chi connectivity index (χ4v) is 2.77. The van der Waals surface area contributed by atoms with Gasteiger partial charge in [0.15, 0.2) is 0 Å². The number of hydrogen-bond donors (Lipinski definition) is 2. The van der Waals surface area contributed by atoms with Crippen LogP contribution in [0.2, 0.25) is 0 Å². The Labute approximate surface area is 94.5 Å². The molecule has 2 aliphatic rings. The summed E-state index contributed by atoms with van der Waals surface area (Å²) in [5.74, 6) is 0.884. The summed E-state index contributed by atoms with van der Waals surface area (Å²) in [5.41, 5.74) is 0. The quantitative estimate of drug-likeness (QED) is 0.781. The predicted molar refractivity (Wildman–Crippen MR) is 60.9 cm³/mol. The first-order valence-corrected chi connectivity index (χ1v) is 5.81. The normalized spacial score (nSPS) is 31.6. The van der Waals surface area contributed by atoms with Crippen LogP contribution in [0.5, 0.6) is 0 Å². The molecular weight excluding hydrogens is 202 g/mol. The lowest BCUT2D eigenvalue weighted by Crippen LogP contribution is -2.33. The minimum absolute atomic E-state index is 0.110. The Bertz CT molecular complexity index is 393. The molecule has 0 radical (unpaired) electrons. The number of carbonyl (C=O) groups is 1. The number of anilines is 1. The van der Waals surface area contributed by atoms with Crippen LogP contribution in [0.25, 0.3) is 0 Å². The second-order valence-corrected chi connectivity index (χ2v) is 4.59. The van der Waals surface area contributed by atoms with Crippen LogP contribution in [0.4, 0.5) is 5.82 Å². The van der Waals surface area contributed by atoms with Crippen molar-refractivity contribution in [2.45, 2.75) is 31.3 Å². The lowest BCUT2D eigenvalue weighted by molar-refractivity contribution is -0.120. The van der Waals surface area contributed by atoms with Gasteiger partial charge < -0.3 is 10.6 Å². The molecule has 16 heavy (non-hydrogen) atoms. The monoisotopic (exact) mass is 217 g/mol. The second-order valence-electron chi connectivity index (χ2n) is 4.59. The van der Waals surface area contributed by atoms with Crippen LogP contribution in [0.1, 0.15) is 19.3 Å². The van der Waals surface area contributed by atoms with Crippen molar-refractivity contribution in [2.75, 3.05) is 5.32 Å². The van der Waals surface area contributed by atoms with E-state index in [-0.39, 0.29) is 11.8 Å². The zero-order valence-corrected chi connectivity index (χ0v) is 9.02. The van der Waals surface area contributed by atoms with E-state index in [2.05, 4.69) is 15.6 Å². The van der Waals surface area contributed by atoms with E-state index in [1.165, 1.54) is 6.42 Å². The third-order valence-electron chi connectivity index (χ3n) is 3.55. The molecule has 2 saturated heterocycles. The number of fused-ring (bicyclic) bond motifs is 2. The summed E-state index contributed by atoms with van der Waals surface area (Å²) in [4.78, 5) is 16.1. The molecule has 0 spiro atoms. The molecule has 0 aromatic carbocycles. The highest BCUT2D eigenvalue weighted by Crippen LogP contribution is 2.33. The van der Waals surface area contributed by atoms with Crippen LogP contribution < -0.4 is 10.6 Å². The van der Waals surface area contributed by atoms with Crippen molar-refractivity contribution in [3.05, 3.63) is 24.4 Å². The topological polar surface area (TPSA) is 54.0 Å². The van der Waals surface area contributed by atoms with Gasteiger partial charge in [-0.1, -0.05) is 6.07 Å². The minimum atomic E-state index is 0.110. The van der Waals surface area contributed by atoms with Gasteiger partial charge in [-0.25, -0.2) is 4.98 Å². The van der Waals surface area contributed by atoms with Crippen molar-refractivity contribution in [1.29, 1.82) is 0 Å². The van der Waals surface area contributed by atoms with Crippen molar-refractivity contribution in [3.8, 4) is 0 Å². The molecule has 0 aliphatic carbocycles. The number of amides is 1. The Morgan fingerprint density at radius 1 is 1.44 bits per heavy atom. The van der Waals surface area contributed by atoms with Gasteiger partial charge in [-0.2, -0.15) is 0 Å². The van der Waals surface area contributed by atoms with Crippen molar-refractivity contribution in [3.63, 3.8) is 0 Å². The van der Waals surface area contributed by atoms with E-state index in [1.54, 1.807) is 6.20 Å². The number of rotatable bonds is 2. The zero-order valence-electron chi connectivity index (χ0n) is 9.02. The fraction of sp³-hybridized carbons (Fsp3) is 0.500. The van der Waals surface area contributed by atoms with E-state index >= 15 is 0 Å². The number of hydrogen-bond acceptors (Lipinski definition) is 3. The third kappa shape index (κ3) is 1.69. The molecule has 2 aliphatic heterocycles. The highest BCUT2D eigenvalue weighted by molar-refractivity contribution is 5.92. The van der Waals surface area contributed by atoms with Crippen LogP contribution in [0.15, 0.2) is 24.4 Å². The van der Waals surface area contributed by atoms with Crippen LogP contribution in [0.3, 0.4) is 0 Å². The summed E-state index contributed by atoms with van der Waals surface area (Å²) >= 11 is 0. The van der Waals surface area contributed by atoms with Gasteiger partial charge in [0, 0.05) is 18.3 Å². The Balaban J connectivity index is 1.66. The molecule has 1 aromatic rings. The molecule has 0 saturated carbocycles. The van der Waals surface area contributed by atoms with Crippen molar-refractivity contribution in [1.82, 2.24) is 10.3 Å². The molecular formula is C12H15N3O. The average Bonchev–Trinajstić information content (AvgIpc) is 2.92. The molecule has 2 fully saturated rings. The molecule has 2 bridgehead atoms. The van der Waals surface area contributed by atoms with E-state index < -0.39 is 0 Å². The van der Waals surface area contributed by atoms with Crippen LogP contribution in [0, 0.1) is 5.92 Å². The van der Waals surface area contributed by atoms with Crippen LogP contribution in [-0.4, -0.2) is 23.0 Å². The molecule has 84 valence electrons. The van der Waals surface area contributed by atoms with Gasteiger partial charge in [0.25, 0.3) is 0 Å². The Hall–Kier alpha value is -1.42. The van der Waals surface area contributed by atoms with Crippen LogP contribution >= 0.6 is 0 Å². The van der Waals surface area contributed by atoms with E-state index in [1.807, 2.05) is 18.2 Å². The van der Waals surface area contributed by atoms with E-state index in [0.29, 0.717) is 17.9 Å². The Morgan fingerprint density at radius 2 is 2.38 bits per heavy atom. The molecule has 3 atom stereocenters. The standard InChI is InChI=1S/C12H15N3O/c16-12(15-11-3-1-2-6-13-11)9-7-8-4-5-10(9)14-8/h1-3,6,8-10,14H,4-5,7H2,(H,13,15,16). The second kappa shape index (κ2) is 3.87. The highest BCUT2D eigenvalue weighted by atomic mass is 16.2. The summed E-state index contributed by atoms with van der Waals surface area (Å²) < 4.78 is 0. The third-order valence-corrected chi connectivity index (χ3v) is 3.55. The minimum Gasteiger partial charge on any atom is -0.310 e. The molecule has 4 nitrogen and oxygen atoms in total. The van der Waals surface area contributed by atoms with E-state index in [4.69, 9.17) is 0 Å². The molecule has 1 aromatic heterocycles. The number of pyridine rings is 1. The average molecular weight is 217 g/mol. The summed E-state index contributed by atoms with van der Waals surface area (Å²) in [5, 5.41) is 6.34. The molecule has 2 N–H and O–H groups in total. The summed E-state index contributed by atoms with van der Waals surface area (Å²) in [7, 11) is 0. The first-order chi connectivity index (χ1) is 7.83. The first kappa shape index (κ1) is 9.78. The number of carbonyl (C=O) groups excluding carboxylic acids is 1. The fourth-order valence-electron chi connectivity index (χ4n) is 2.77. The lowest BCUT2D eigenvalue weighted by Gasteiger charge is -2.18. The summed E-state index contributed by atoms with van der Waals surface area (Å²) in [6.07, 6.45) is 5.01. The van der Waals surface area contributed by atoms with Gasteiger partial charge in [0.1, 0.15) is 5.82 Å². The number of aromatic nitrogens is 1. The Kier molecular flexibility index (Phi) is 2.36. The maximum Gasteiger partial charge on any atom is 0.230 e. The molecule has 3 rings (SSSR count). The SMILES string of the molecule is O=C(Nc1ccccn1)C1CC2CCC1N2. The molecule has 3 heterocycles. The van der Waals surface area contributed by atoms with Gasteiger partial charge in [-0.3, -0.25) is 4.79 Å².